The van der Waals surface area contributed by atoms with Crippen LogP contribution in [0.15, 0.2) is 30.5 Å². The van der Waals surface area contributed by atoms with Crippen LogP contribution in [0.25, 0.3) is 16.0 Å². The van der Waals surface area contributed by atoms with E-state index in [0.29, 0.717) is 5.82 Å². The van der Waals surface area contributed by atoms with Crippen LogP contribution in [0.1, 0.15) is 17.5 Å². The van der Waals surface area contributed by atoms with E-state index >= 15 is 0 Å². The molecule has 3 rings (SSSR count). The molecule has 1 aromatic heterocycles. The quantitative estimate of drug-likeness (QED) is 0.608. The fraction of sp³-hybridized carbons (Fsp3) is 0.200. The normalized spacial score (nSPS) is 13.1. The summed E-state index contributed by atoms with van der Waals surface area (Å²) in [6.45, 7) is 7.01. The Bertz CT molecular complexity index is 653. The topological polar surface area (TPSA) is 43.3 Å². The lowest BCUT2D eigenvalue weighted by atomic mass is 9.98. The second-order valence-corrected chi connectivity index (χ2v) is 4.53. The number of aryl methyl sites for hydroxylation is 1. The molecule has 3 heteroatoms. The number of hydrogen-bond acceptors (Lipinski definition) is 2. The Morgan fingerprint density at radius 1 is 1.22 bits per heavy atom. The van der Waals surface area contributed by atoms with Crippen molar-refractivity contribution in [3.05, 3.63) is 53.0 Å². The molecule has 3 nitrogen and oxygen atoms in total. The van der Waals surface area contributed by atoms with Crippen molar-refractivity contribution < 1.29 is 0 Å². The van der Waals surface area contributed by atoms with Crippen LogP contribution in [0.2, 0.25) is 0 Å². The van der Waals surface area contributed by atoms with E-state index in [1.807, 2.05) is 6.07 Å². The van der Waals surface area contributed by atoms with Crippen LogP contribution in [0.3, 0.4) is 0 Å². The molecule has 0 amide bonds. The van der Waals surface area contributed by atoms with Gasteiger partial charge in [-0.1, -0.05) is 18.7 Å². The summed E-state index contributed by atoms with van der Waals surface area (Å²) in [5, 5.41) is 0. The Labute approximate surface area is 106 Å². The number of anilines is 1. The van der Waals surface area contributed by atoms with Crippen LogP contribution in [0.5, 0.6) is 0 Å². The molecule has 1 aromatic carbocycles. The van der Waals surface area contributed by atoms with Crippen LogP contribution >= 0.6 is 0 Å². The van der Waals surface area contributed by atoms with E-state index in [1.54, 1.807) is 12.3 Å². The molecule has 2 aromatic rings. The van der Waals surface area contributed by atoms with Gasteiger partial charge in [0.15, 0.2) is 0 Å². The second-order valence-electron chi connectivity index (χ2n) is 4.53. The van der Waals surface area contributed by atoms with E-state index in [4.69, 9.17) is 12.3 Å². The summed E-state index contributed by atoms with van der Waals surface area (Å²) < 4.78 is 0. The molecule has 0 spiro atoms. The van der Waals surface area contributed by atoms with E-state index in [9.17, 15) is 0 Å². The monoisotopic (exact) mass is 235 g/mol. The predicted octanol–water partition coefficient (Wildman–Crippen LogP) is 3.37. The van der Waals surface area contributed by atoms with Gasteiger partial charge in [0.2, 0.25) is 0 Å². The highest BCUT2D eigenvalue weighted by Gasteiger charge is 2.16. The summed E-state index contributed by atoms with van der Waals surface area (Å²) in [6, 6.07) is 7.91. The first-order valence-electron chi connectivity index (χ1n) is 6.03. The number of pyridine rings is 1. The zero-order valence-corrected chi connectivity index (χ0v) is 9.98. The number of nitrogen functional groups attached to an aromatic ring is 1. The summed E-state index contributed by atoms with van der Waals surface area (Å²) in [5.74, 6) is 0.410. The Balaban J connectivity index is 2.15. The van der Waals surface area contributed by atoms with Crippen molar-refractivity contribution in [3.8, 4) is 11.1 Å². The number of aromatic nitrogens is 1. The van der Waals surface area contributed by atoms with Crippen molar-refractivity contribution in [2.75, 3.05) is 5.73 Å². The number of benzene rings is 1. The molecule has 1 heterocycles. The van der Waals surface area contributed by atoms with Gasteiger partial charge in [0.25, 0.3) is 5.82 Å². The Morgan fingerprint density at radius 3 is 2.94 bits per heavy atom. The molecule has 0 aliphatic heterocycles. The van der Waals surface area contributed by atoms with Gasteiger partial charge in [0, 0.05) is 11.3 Å². The van der Waals surface area contributed by atoms with Gasteiger partial charge in [-0.15, -0.1) is 4.98 Å². The minimum absolute atomic E-state index is 0.410. The molecule has 0 radical (unpaired) electrons. The smallest absolute Gasteiger partial charge is 0.270 e. The number of hydrogen-bond donors (Lipinski definition) is 1. The molecule has 1 aliphatic carbocycles. The maximum absolute atomic E-state index is 7.01. The summed E-state index contributed by atoms with van der Waals surface area (Å²) in [6.07, 6.45) is 5.04. The number of fused-ring (bicyclic) bond motifs is 1. The van der Waals surface area contributed by atoms with Crippen LogP contribution in [0, 0.1) is 6.57 Å². The van der Waals surface area contributed by atoms with Crippen LogP contribution < -0.4 is 5.73 Å². The standard InChI is InChI=1S/C15H13N3/c1-17-14-9-11(7-8-18-14)13-6-5-10-3-2-4-12(10)15(13)16/h5-9H,2-4,16H2. The van der Waals surface area contributed by atoms with E-state index in [-0.39, 0.29) is 0 Å². The van der Waals surface area contributed by atoms with E-state index in [0.717, 1.165) is 29.7 Å². The lowest BCUT2D eigenvalue weighted by Crippen LogP contribution is -1.97. The fourth-order valence-corrected chi connectivity index (χ4v) is 2.59. The van der Waals surface area contributed by atoms with Gasteiger partial charge in [-0.3, -0.25) is 0 Å². The number of nitrogens with two attached hydrogens (primary N) is 1. The summed E-state index contributed by atoms with van der Waals surface area (Å²) >= 11 is 0. The fourth-order valence-electron chi connectivity index (χ4n) is 2.59. The van der Waals surface area contributed by atoms with Crippen molar-refractivity contribution >= 4 is 11.5 Å². The second kappa shape index (κ2) is 4.15. The highest BCUT2D eigenvalue weighted by atomic mass is 14.8. The van der Waals surface area contributed by atoms with Gasteiger partial charge in [0.05, 0.1) is 0 Å². The number of nitrogens with zero attached hydrogens (tertiary/aromatic N) is 2. The van der Waals surface area contributed by atoms with Crippen LogP contribution in [-0.4, -0.2) is 4.98 Å². The summed E-state index contributed by atoms with van der Waals surface area (Å²) in [7, 11) is 0. The van der Waals surface area contributed by atoms with Crippen molar-refractivity contribution in [2.24, 2.45) is 0 Å². The lowest BCUT2D eigenvalue weighted by molar-refractivity contribution is 0.912. The highest BCUT2D eigenvalue weighted by molar-refractivity contribution is 5.81. The van der Waals surface area contributed by atoms with Crippen molar-refractivity contribution in [3.63, 3.8) is 0 Å². The third-order valence-electron chi connectivity index (χ3n) is 3.50. The first-order valence-corrected chi connectivity index (χ1v) is 6.03. The molecule has 0 saturated carbocycles. The Hall–Kier alpha value is -2.34. The third kappa shape index (κ3) is 1.63. The van der Waals surface area contributed by atoms with Crippen molar-refractivity contribution in [2.45, 2.75) is 19.3 Å². The molecule has 18 heavy (non-hydrogen) atoms. The highest BCUT2D eigenvalue weighted by Crippen LogP contribution is 2.35. The first-order chi connectivity index (χ1) is 8.79. The van der Waals surface area contributed by atoms with Crippen LogP contribution in [0.4, 0.5) is 11.5 Å². The Kier molecular flexibility index (Phi) is 2.49. The lowest BCUT2D eigenvalue weighted by Gasteiger charge is -2.10. The van der Waals surface area contributed by atoms with E-state index in [1.165, 1.54) is 17.5 Å². The van der Waals surface area contributed by atoms with Gasteiger partial charge in [-0.2, -0.15) is 0 Å². The van der Waals surface area contributed by atoms with Crippen molar-refractivity contribution in [1.82, 2.24) is 4.98 Å². The molecule has 0 atom stereocenters. The largest absolute Gasteiger partial charge is 0.398 e. The zero-order valence-electron chi connectivity index (χ0n) is 9.98. The minimum Gasteiger partial charge on any atom is -0.398 e. The molecule has 1 aliphatic rings. The van der Waals surface area contributed by atoms with Gasteiger partial charge < -0.3 is 10.6 Å². The third-order valence-corrected chi connectivity index (χ3v) is 3.50. The molecule has 0 unspecified atom stereocenters. The van der Waals surface area contributed by atoms with Crippen molar-refractivity contribution in [1.29, 1.82) is 0 Å². The molecule has 0 bridgehead atoms. The minimum atomic E-state index is 0.410. The van der Waals surface area contributed by atoms with E-state index in [2.05, 4.69) is 22.0 Å². The van der Waals surface area contributed by atoms with Gasteiger partial charge in [-0.25, -0.2) is 0 Å². The Morgan fingerprint density at radius 2 is 2.11 bits per heavy atom. The molecule has 88 valence electrons. The maximum Gasteiger partial charge on any atom is 0.270 e. The molecule has 2 N–H and O–H groups in total. The van der Waals surface area contributed by atoms with Crippen LogP contribution in [-0.2, 0) is 12.8 Å². The predicted molar refractivity (Wildman–Crippen MR) is 72.4 cm³/mol. The zero-order chi connectivity index (χ0) is 12.5. The first kappa shape index (κ1) is 10.8. The maximum atomic E-state index is 7.01. The SMILES string of the molecule is [C-]#[N+]c1cc(-c2ccc3c(c2N)CCC3)ccn1. The molecular formula is C15H13N3. The molecule has 0 fully saturated rings. The summed E-state index contributed by atoms with van der Waals surface area (Å²) in [5.41, 5.74) is 11.8. The number of rotatable bonds is 1. The van der Waals surface area contributed by atoms with Gasteiger partial charge >= 0.3 is 0 Å². The molecular weight excluding hydrogens is 222 g/mol. The average molecular weight is 235 g/mol. The molecule has 0 saturated heterocycles. The van der Waals surface area contributed by atoms with Gasteiger partial charge in [0.1, 0.15) is 6.20 Å². The van der Waals surface area contributed by atoms with E-state index < -0.39 is 0 Å². The average Bonchev–Trinajstić information content (AvgIpc) is 2.88. The van der Waals surface area contributed by atoms with Gasteiger partial charge in [-0.05, 0) is 48.1 Å². The summed E-state index contributed by atoms with van der Waals surface area (Å²) in [4.78, 5) is 7.35.